The highest BCUT2D eigenvalue weighted by atomic mass is 32.2. The van der Waals surface area contributed by atoms with Crippen molar-refractivity contribution in [2.45, 2.75) is 11.1 Å². The number of methoxy groups -OCH3 is 1. The Labute approximate surface area is 189 Å². The molecule has 1 fully saturated rings. The van der Waals surface area contributed by atoms with Crippen molar-refractivity contribution in [3.05, 3.63) is 59.7 Å². The third-order valence-corrected chi connectivity index (χ3v) is 7.02. The zero-order valence-corrected chi connectivity index (χ0v) is 18.4. The van der Waals surface area contributed by atoms with E-state index in [9.17, 15) is 31.2 Å². The fraction of sp³-hybridized carbons (Fsp3) is 0.333. The number of hydrogen-bond acceptors (Lipinski definition) is 6. The standard InChI is InChI=1S/C21H22F3N3O5S/c1-32-20(29)15-2-6-17(7-3-15)25-19(28)14-26-10-12-27(13-11-26)33(30,31)18-8-4-16(5-9-18)21(22,23)24/h2-9H,10-14H2,1H3,(H,25,28). The lowest BCUT2D eigenvalue weighted by Gasteiger charge is -2.33. The van der Waals surface area contributed by atoms with E-state index >= 15 is 0 Å². The van der Waals surface area contributed by atoms with Crippen molar-refractivity contribution >= 4 is 27.6 Å². The van der Waals surface area contributed by atoms with E-state index in [1.54, 1.807) is 17.0 Å². The summed E-state index contributed by atoms with van der Waals surface area (Å²) in [5, 5.41) is 2.70. The Morgan fingerprint density at radius 3 is 2.06 bits per heavy atom. The van der Waals surface area contributed by atoms with E-state index in [1.165, 1.54) is 23.5 Å². The second-order valence-electron chi connectivity index (χ2n) is 7.32. The number of benzene rings is 2. The van der Waals surface area contributed by atoms with Gasteiger partial charge in [-0.2, -0.15) is 17.5 Å². The fourth-order valence-corrected chi connectivity index (χ4v) is 4.73. The molecule has 0 aliphatic carbocycles. The topological polar surface area (TPSA) is 96.0 Å². The zero-order chi connectivity index (χ0) is 24.2. The number of carbonyl (C=O) groups excluding carboxylic acids is 2. The average molecular weight is 485 g/mol. The predicted molar refractivity (Wildman–Crippen MR) is 113 cm³/mol. The fourth-order valence-electron chi connectivity index (χ4n) is 3.30. The minimum absolute atomic E-state index is 0.0346. The molecule has 8 nitrogen and oxygen atoms in total. The number of amides is 1. The van der Waals surface area contributed by atoms with E-state index in [2.05, 4.69) is 10.1 Å². The van der Waals surface area contributed by atoms with Crippen molar-refractivity contribution < 1.29 is 35.9 Å². The van der Waals surface area contributed by atoms with E-state index in [1.807, 2.05) is 0 Å². The summed E-state index contributed by atoms with van der Waals surface area (Å²) in [7, 11) is -2.67. The van der Waals surface area contributed by atoms with Gasteiger partial charge in [-0.1, -0.05) is 0 Å². The van der Waals surface area contributed by atoms with Gasteiger partial charge in [-0.25, -0.2) is 13.2 Å². The van der Waals surface area contributed by atoms with Crippen molar-refractivity contribution in [3.8, 4) is 0 Å². The first-order chi connectivity index (χ1) is 15.5. The Hall–Kier alpha value is -2.96. The first-order valence-electron chi connectivity index (χ1n) is 9.89. The minimum Gasteiger partial charge on any atom is -0.465 e. The zero-order valence-electron chi connectivity index (χ0n) is 17.6. The summed E-state index contributed by atoms with van der Waals surface area (Å²) in [5.41, 5.74) is -0.0748. The Kier molecular flexibility index (Phi) is 7.40. The highest BCUT2D eigenvalue weighted by Gasteiger charge is 2.32. The molecule has 0 bridgehead atoms. The van der Waals surface area contributed by atoms with Crippen LogP contribution in [0, 0.1) is 0 Å². The maximum Gasteiger partial charge on any atom is 0.416 e. The second-order valence-corrected chi connectivity index (χ2v) is 9.26. The van der Waals surface area contributed by atoms with Gasteiger partial charge in [0.25, 0.3) is 0 Å². The normalized spacial score (nSPS) is 15.8. The van der Waals surface area contributed by atoms with Crippen molar-refractivity contribution in [3.63, 3.8) is 0 Å². The molecule has 1 heterocycles. The van der Waals surface area contributed by atoms with Gasteiger partial charge in [0.15, 0.2) is 0 Å². The van der Waals surface area contributed by atoms with Crippen LogP contribution in [0.5, 0.6) is 0 Å². The number of nitrogens with zero attached hydrogens (tertiary/aromatic N) is 2. The highest BCUT2D eigenvalue weighted by molar-refractivity contribution is 7.89. The number of carbonyl (C=O) groups is 2. The maximum atomic E-state index is 12.7. The molecular weight excluding hydrogens is 463 g/mol. The summed E-state index contributed by atoms with van der Waals surface area (Å²) >= 11 is 0. The van der Waals surface area contributed by atoms with E-state index in [0.717, 1.165) is 24.3 Å². The summed E-state index contributed by atoms with van der Waals surface area (Å²) in [4.78, 5) is 25.3. The third-order valence-electron chi connectivity index (χ3n) is 5.11. The smallest absolute Gasteiger partial charge is 0.416 e. The highest BCUT2D eigenvalue weighted by Crippen LogP contribution is 2.30. The van der Waals surface area contributed by atoms with Crippen LogP contribution in [0.3, 0.4) is 0 Å². The molecule has 0 saturated carbocycles. The van der Waals surface area contributed by atoms with Gasteiger partial charge >= 0.3 is 12.1 Å². The summed E-state index contributed by atoms with van der Waals surface area (Å²) in [6.45, 7) is 0.810. The van der Waals surface area contributed by atoms with Gasteiger partial charge in [-0.3, -0.25) is 9.69 Å². The number of esters is 1. The molecule has 0 radical (unpaired) electrons. The van der Waals surface area contributed by atoms with Crippen molar-refractivity contribution in [2.24, 2.45) is 0 Å². The molecule has 2 aromatic rings. The lowest BCUT2D eigenvalue weighted by molar-refractivity contribution is -0.137. The monoisotopic (exact) mass is 485 g/mol. The Bertz CT molecular complexity index is 1100. The van der Waals surface area contributed by atoms with Crippen LogP contribution in [-0.4, -0.2) is 69.3 Å². The molecule has 3 rings (SSSR count). The molecule has 178 valence electrons. The molecule has 0 unspecified atom stereocenters. The molecule has 2 aromatic carbocycles. The third kappa shape index (κ3) is 6.09. The van der Waals surface area contributed by atoms with Crippen LogP contribution < -0.4 is 5.32 Å². The molecule has 0 aromatic heterocycles. The predicted octanol–water partition coefficient (Wildman–Crippen LogP) is 2.44. The molecule has 1 saturated heterocycles. The lowest BCUT2D eigenvalue weighted by atomic mass is 10.2. The molecule has 33 heavy (non-hydrogen) atoms. The number of alkyl halides is 3. The minimum atomic E-state index is -4.54. The van der Waals surface area contributed by atoms with Gasteiger partial charge in [0.1, 0.15) is 0 Å². The molecule has 1 aliphatic heterocycles. The van der Waals surface area contributed by atoms with Crippen molar-refractivity contribution in [1.29, 1.82) is 0 Å². The number of rotatable bonds is 6. The Morgan fingerprint density at radius 1 is 0.970 bits per heavy atom. The largest absolute Gasteiger partial charge is 0.465 e. The van der Waals surface area contributed by atoms with Crippen LogP contribution in [-0.2, 0) is 25.7 Å². The molecule has 12 heteroatoms. The molecule has 0 spiro atoms. The lowest BCUT2D eigenvalue weighted by Crippen LogP contribution is -2.50. The van der Waals surface area contributed by atoms with Crippen LogP contribution in [0.2, 0.25) is 0 Å². The number of hydrogen-bond donors (Lipinski definition) is 1. The number of ether oxygens (including phenoxy) is 1. The van der Waals surface area contributed by atoms with Crippen molar-refractivity contribution in [2.75, 3.05) is 45.2 Å². The molecule has 1 aliphatic rings. The molecule has 1 amide bonds. The van der Waals surface area contributed by atoms with E-state index < -0.39 is 27.7 Å². The Morgan fingerprint density at radius 2 is 1.55 bits per heavy atom. The van der Waals surface area contributed by atoms with E-state index in [-0.39, 0.29) is 43.5 Å². The number of anilines is 1. The van der Waals surface area contributed by atoms with Gasteiger partial charge in [-0.05, 0) is 48.5 Å². The van der Waals surface area contributed by atoms with Gasteiger partial charge in [0, 0.05) is 31.9 Å². The van der Waals surface area contributed by atoms with E-state index in [0.29, 0.717) is 11.3 Å². The van der Waals surface area contributed by atoms with Crippen LogP contribution in [0.1, 0.15) is 15.9 Å². The van der Waals surface area contributed by atoms with Gasteiger partial charge in [-0.15, -0.1) is 0 Å². The molecule has 1 N–H and O–H groups in total. The number of nitrogens with one attached hydrogen (secondary N) is 1. The summed E-state index contributed by atoms with van der Waals surface area (Å²) in [6, 6.07) is 9.55. The first-order valence-corrected chi connectivity index (χ1v) is 11.3. The van der Waals surface area contributed by atoms with Gasteiger partial charge in [0.2, 0.25) is 15.9 Å². The SMILES string of the molecule is COC(=O)c1ccc(NC(=O)CN2CCN(S(=O)(=O)c3ccc(C(F)(F)F)cc3)CC2)cc1. The van der Waals surface area contributed by atoms with Gasteiger partial charge in [0.05, 0.1) is 29.7 Å². The van der Waals surface area contributed by atoms with Crippen molar-refractivity contribution in [1.82, 2.24) is 9.21 Å². The number of piperazine rings is 1. The first kappa shape index (κ1) is 24.7. The maximum absolute atomic E-state index is 12.7. The number of sulfonamides is 1. The van der Waals surface area contributed by atoms with Crippen LogP contribution in [0.15, 0.2) is 53.4 Å². The van der Waals surface area contributed by atoms with Gasteiger partial charge < -0.3 is 10.1 Å². The Balaban J connectivity index is 1.52. The summed E-state index contributed by atoms with van der Waals surface area (Å²) in [5.74, 6) is -0.795. The number of halogens is 3. The van der Waals surface area contributed by atoms with Crippen LogP contribution in [0.4, 0.5) is 18.9 Å². The van der Waals surface area contributed by atoms with Crippen LogP contribution >= 0.6 is 0 Å². The molecular formula is C21H22F3N3O5S. The summed E-state index contributed by atoms with van der Waals surface area (Å²) < 4.78 is 69.4. The molecule has 0 atom stereocenters. The average Bonchev–Trinajstić information content (AvgIpc) is 2.79. The van der Waals surface area contributed by atoms with E-state index in [4.69, 9.17) is 0 Å². The van der Waals surface area contributed by atoms with Crippen LogP contribution in [0.25, 0.3) is 0 Å². The quantitative estimate of drug-likeness (QED) is 0.632. The summed E-state index contributed by atoms with van der Waals surface area (Å²) in [6.07, 6.45) is -4.54. The second kappa shape index (κ2) is 9.89.